The predicted octanol–water partition coefficient (Wildman–Crippen LogP) is 1.73. The number of hydrazone groups is 1. The molecule has 0 aliphatic carbocycles. The van der Waals surface area contributed by atoms with Crippen molar-refractivity contribution < 1.29 is 5.11 Å². The first kappa shape index (κ1) is 12.8. The maximum absolute atomic E-state index is 8.95. The lowest BCUT2D eigenvalue weighted by molar-refractivity contribution is 0.201. The zero-order valence-corrected chi connectivity index (χ0v) is 9.51. The molecule has 0 spiro atoms. The summed E-state index contributed by atoms with van der Waals surface area (Å²) in [6.45, 7) is 1.68. The molecule has 0 saturated carbocycles. The van der Waals surface area contributed by atoms with Gasteiger partial charge >= 0.3 is 0 Å². The highest BCUT2D eigenvalue weighted by atomic mass is 16.3. The second kappa shape index (κ2) is 7.05. The number of aliphatic hydroxyl groups is 1. The van der Waals surface area contributed by atoms with E-state index >= 15 is 0 Å². The van der Waals surface area contributed by atoms with Gasteiger partial charge in [-0.3, -0.25) is 5.43 Å². The molecular formula is C13H13N3O. The van der Waals surface area contributed by atoms with Gasteiger partial charge in [0.1, 0.15) is 0 Å². The highest BCUT2D eigenvalue weighted by molar-refractivity contribution is 5.78. The van der Waals surface area contributed by atoms with E-state index < -0.39 is 6.10 Å². The van der Waals surface area contributed by atoms with Crippen molar-refractivity contribution >= 4 is 11.9 Å². The minimum Gasteiger partial charge on any atom is -0.392 e. The van der Waals surface area contributed by atoms with Gasteiger partial charge in [0.05, 0.1) is 29.6 Å². The van der Waals surface area contributed by atoms with Crippen LogP contribution >= 0.6 is 0 Å². The Hall–Kier alpha value is -2.30. The standard InChI is InChI=1S/C13H13N3O/c1-11(17)4-2-3-9-15-16-13-7-5-12(10-14)6-8-13/h5-9,11,16-17H,4H2,1H3/b15-9-. The first-order chi connectivity index (χ1) is 8.22. The second-order valence-electron chi connectivity index (χ2n) is 3.43. The van der Waals surface area contributed by atoms with E-state index in [0.29, 0.717) is 12.0 Å². The largest absolute Gasteiger partial charge is 0.392 e. The van der Waals surface area contributed by atoms with Gasteiger partial charge in [-0.1, -0.05) is 11.8 Å². The summed E-state index contributed by atoms with van der Waals surface area (Å²) in [5, 5.41) is 21.4. The Bertz CT molecular complexity index is 472. The van der Waals surface area contributed by atoms with Crippen molar-refractivity contribution in [3.8, 4) is 17.9 Å². The topological polar surface area (TPSA) is 68.4 Å². The van der Waals surface area contributed by atoms with E-state index in [-0.39, 0.29) is 0 Å². The van der Waals surface area contributed by atoms with E-state index in [1.165, 1.54) is 6.21 Å². The summed E-state index contributed by atoms with van der Waals surface area (Å²) < 4.78 is 0. The summed E-state index contributed by atoms with van der Waals surface area (Å²) in [5.74, 6) is 5.45. The lowest BCUT2D eigenvalue weighted by Gasteiger charge is -1.97. The Balaban J connectivity index is 2.41. The molecule has 4 nitrogen and oxygen atoms in total. The molecule has 0 aromatic heterocycles. The SMILES string of the molecule is CC(O)CC#C/C=N\Nc1ccc(C#N)cc1. The van der Waals surface area contributed by atoms with Crippen molar-refractivity contribution in [1.29, 1.82) is 5.26 Å². The number of rotatable bonds is 3. The summed E-state index contributed by atoms with van der Waals surface area (Å²) in [6.07, 6.45) is 1.45. The third-order valence-corrected chi connectivity index (χ3v) is 1.84. The molecule has 1 atom stereocenters. The van der Waals surface area contributed by atoms with Crippen molar-refractivity contribution in [2.24, 2.45) is 5.10 Å². The van der Waals surface area contributed by atoms with Crippen molar-refractivity contribution in [2.75, 3.05) is 5.43 Å². The zero-order valence-electron chi connectivity index (χ0n) is 9.51. The molecule has 0 radical (unpaired) electrons. The van der Waals surface area contributed by atoms with E-state index in [1.807, 2.05) is 6.07 Å². The Labute approximate surface area is 101 Å². The molecule has 1 aromatic carbocycles. The summed E-state index contributed by atoms with van der Waals surface area (Å²) in [6, 6.07) is 8.97. The zero-order chi connectivity index (χ0) is 12.5. The molecule has 2 N–H and O–H groups in total. The van der Waals surface area contributed by atoms with Gasteiger partial charge in [-0.25, -0.2) is 0 Å². The number of anilines is 1. The monoisotopic (exact) mass is 227 g/mol. The van der Waals surface area contributed by atoms with Crippen LogP contribution in [0.2, 0.25) is 0 Å². The highest BCUT2D eigenvalue weighted by Crippen LogP contribution is 2.07. The number of benzene rings is 1. The van der Waals surface area contributed by atoms with Crippen molar-refractivity contribution in [3.05, 3.63) is 29.8 Å². The van der Waals surface area contributed by atoms with E-state index in [4.69, 9.17) is 10.4 Å². The first-order valence-electron chi connectivity index (χ1n) is 5.16. The molecule has 4 heteroatoms. The molecule has 1 rings (SSSR count). The van der Waals surface area contributed by atoms with Crippen molar-refractivity contribution in [2.45, 2.75) is 19.4 Å². The minimum absolute atomic E-state index is 0.414. The Morgan fingerprint density at radius 2 is 2.18 bits per heavy atom. The maximum Gasteiger partial charge on any atom is 0.0991 e. The predicted molar refractivity (Wildman–Crippen MR) is 67.3 cm³/mol. The fourth-order valence-electron chi connectivity index (χ4n) is 1.01. The third kappa shape index (κ3) is 5.36. The van der Waals surface area contributed by atoms with Crippen LogP contribution in [0, 0.1) is 23.2 Å². The van der Waals surface area contributed by atoms with E-state index in [2.05, 4.69) is 22.4 Å². The van der Waals surface area contributed by atoms with Crippen LogP contribution in [-0.4, -0.2) is 17.4 Å². The normalized spacial score (nSPS) is 11.4. The quantitative estimate of drug-likeness (QED) is 0.469. The summed E-state index contributed by atoms with van der Waals surface area (Å²) in [5.41, 5.74) is 4.18. The maximum atomic E-state index is 8.95. The molecule has 0 amide bonds. The van der Waals surface area contributed by atoms with Crippen LogP contribution in [0.1, 0.15) is 18.9 Å². The van der Waals surface area contributed by atoms with Crippen LogP contribution < -0.4 is 5.43 Å². The highest BCUT2D eigenvalue weighted by Gasteiger charge is 1.90. The van der Waals surface area contributed by atoms with Gasteiger partial charge in [0.25, 0.3) is 0 Å². The van der Waals surface area contributed by atoms with Crippen LogP contribution in [0.5, 0.6) is 0 Å². The van der Waals surface area contributed by atoms with Crippen molar-refractivity contribution in [3.63, 3.8) is 0 Å². The lowest BCUT2D eigenvalue weighted by Crippen LogP contribution is -1.95. The number of nitrogens with one attached hydrogen (secondary N) is 1. The molecule has 0 aliphatic rings. The third-order valence-electron chi connectivity index (χ3n) is 1.84. The summed E-state index contributed by atoms with van der Waals surface area (Å²) in [7, 11) is 0. The van der Waals surface area contributed by atoms with Gasteiger partial charge in [0, 0.05) is 6.42 Å². The fraction of sp³-hybridized carbons (Fsp3) is 0.231. The Morgan fingerprint density at radius 3 is 2.76 bits per heavy atom. The molecular weight excluding hydrogens is 214 g/mol. The molecule has 0 saturated heterocycles. The van der Waals surface area contributed by atoms with Crippen LogP contribution in [-0.2, 0) is 0 Å². The van der Waals surface area contributed by atoms with E-state index in [9.17, 15) is 0 Å². The van der Waals surface area contributed by atoms with Crippen LogP contribution in [0.15, 0.2) is 29.4 Å². The van der Waals surface area contributed by atoms with Crippen LogP contribution in [0.4, 0.5) is 5.69 Å². The summed E-state index contributed by atoms with van der Waals surface area (Å²) in [4.78, 5) is 0. The van der Waals surface area contributed by atoms with Gasteiger partial charge < -0.3 is 5.11 Å². The molecule has 0 heterocycles. The number of nitriles is 1. The second-order valence-corrected chi connectivity index (χ2v) is 3.43. The molecule has 0 fully saturated rings. The van der Waals surface area contributed by atoms with Gasteiger partial charge in [-0.05, 0) is 31.2 Å². The molecule has 86 valence electrons. The van der Waals surface area contributed by atoms with E-state index in [0.717, 1.165) is 5.69 Å². The molecule has 1 aromatic rings. The van der Waals surface area contributed by atoms with Gasteiger partial charge in [-0.2, -0.15) is 10.4 Å². The Morgan fingerprint density at radius 1 is 1.47 bits per heavy atom. The first-order valence-corrected chi connectivity index (χ1v) is 5.16. The molecule has 0 bridgehead atoms. The molecule has 17 heavy (non-hydrogen) atoms. The van der Waals surface area contributed by atoms with Crippen molar-refractivity contribution in [1.82, 2.24) is 0 Å². The van der Waals surface area contributed by atoms with Crippen LogP contribution in [0.3, 0.4) is 0 Å². The van der Waals surface area contributed by atoms with E-state index in [1.54, 1.807) is 31.2 Å². The van der Waals surface area contributed by atoms with Gasteiger partial charge in [0.15, 0.2) is 0 Å². The average molecular weight is 227 g/mol. The summed E-state index contributed by atoms with van der Waals surface area (Å²) >= 11 is 0. The number of hydrogen-bond donors (Lipinski definition) is 2. The lowest BCUT2D eigenvalue weighted by atomic mass is 10.2. The molecule has 1 unspecified atom stereocenters. The van der Waals surface area contributed by atoms with Gasteiger partial charge in [-0.15, -0.1) is 0 Å². The Kier molecular flexibility index (Phi) is 5.30. The van der Waals surface area contributed by atoms with Gasteiger partial charge in [0.2, 0.25) is 0 Å². The smallest absolute Gasteiger partial charge is 0.0991 e. The number of nitrogens with zero attached hydrogens (tertiary/aromatic N) is 2. The fourth-order valence-corrected chi connectivity index (χ4v) is 1.01. The van der Waals surface area contributed by atoms with Crippen LogP contribution in [0.25, 0.3) is 0 Å². The minimum atomic E-state index is -0.414. The number of aliphatic hydroxyl groups excluding tert-OH is 1. The molecule has 0 aliphatic heterocycles. The average Bonchev–Trinajstić information content (AvgIpc) is 2.34. The number of hydrogen-bond acceptors (Lipinski definition) is 4.